The molecule has 0 fully saturated rings. The molecule has 0 spiro atoms. The summed E-state index contributed by atoms with van der Waals surface area (Å²) in [4.78, 5) is 14.0. The first kappa shape index (κ1) is 11.3. The number of hydrogen-bond acceptors (Lipinski definition) is 2. The Balaban J connectivity index is 2.37. The first-order chi connectivity index (χ1) is 6.63. The Hall–Kier alpha value is -0.740. The van der Waals surface area contributed by atoms with Crippen LogP contribution in [0.2, 0.25) is 4.34 Å². The van der Waals surface area contributed by atoms with Crippen LogP contribution in [0.25, 0.3) is 0 Å². The van der Waals surface area contributed by atoms with E-state index < -0.39 is 0 Å². The summed E-state index contributed by atoms with van der Waals surface area (Å²) in [6.07, 6.45) is 0.849. The number of amides is 2. The summed E-state index contributed by atoms with van der Waals surface area (Å²) in [5.74, 6) is 0. The van der Waals surface area contributed by atoms with Gasteiger partial charge < -0.3 is 10.2 Å². The summed E-state index contributed by atoms with van der Waals surface area (Å²) in [7, 11) is 3.40. The maximum atomic E-state index is 11.1. The first-order valence-electron chi connectivity index (χ1n) is 4.30. The predicted molar refractivity (Wildman–Crippen MR) is 60.1 cm³/mol. The molecule has 14 heavy (non-hydrogen) atoms. The van der Waals surface area contributed by atoms with Crippen molar-refractivity contribution < 1.29 is 4.79 Å². The smallest absolute Gasteiger partial charge is 0.316 e. The molecule has 78 valence electrons. The zero-order valence-corrected chi connectivity index (χ0v) is 9.78. The molecule has 0 aromatic carbocycles. The van der Waals surface area contributed by atoms with Gasteiger partial charge in [-0.25, -0.2) is 4.79 Å². The zero-order valence-electron chi connectivity index (χ0n) is 8.21. The van der Waals surface area contributed by atoms with E-state index in [0.717, 1.165) is 10.8 Å². The van der Waals surface area contributed by atoms with Crippen LogP contribution in [-0.2, 0) is 6.42 Å². The third kappa shape index (κ3) is 3.20. The van der Waals surface area contributed by atoms with Crippen molar-refractivity contribution in [2.24, 2.45) is 0 Å². The van der Waals surface area contributed by atoms with Gasteiger partial charge in [0.05, 0.1) is 4.34 Å². The number of halogens is 1. The maximum absolute atomic E-state index is 11.1. The number of rotatable bonds is 3. The summed E-state index contributed by atoms with van der Waals surface area (Å²) in [6.45, 7) is 0.705. The van der Waals surface area contributed by atoms with Crippen molar-refractivity contribution in [2.75, 3.05) is 20.6 Å². The van der Waals surface area contributed by atoms with Gasteiger partial charge in [-0.15, -0.1) is 11.3 Å². The lowest BCUT2D eigenvalue weighted by molar-refractivity contribution is 0.212. The van der Waals surface area contributed by atoms with E-state index in [9.17, 15) is 4.79 Å². The number of hydrogen-bond donors (Lipinski definition) is 1. The average Bonchev–Trinajstić information content (AvgIpc) is 2.59. The molecule has 2 amide bonds. The highest BCUT2D eigenvalue weighted by molar-refractivity contribution is 7.16. The SMILES string of the molecule is CNC(=O)N(C)CCc1ccc(Cl)s1. The van der Waals surface area contributed by atoms with Gasteiger partial charge >= 0.3 is 6.03 Å². The van der Waals surface area contributed by atoms with Gasteiger partial charge in [-0.3, -0.25) is 0 Å². The van der Waals surface area contributed by atoms with E-state index in [1.54, 1.807) is 30.3 Å². The van der Waals surface area contributed by atoms with Crippen LogP contribution in [0.1, 0.15) is 4.88 Å². The predicted octanol–water partition coefficient (Wildman–Crippen LogP) is 2.22. The minimum atomic E-state index is -0.0624. The molecular formula is C9H13ClN2OS. The third-order valence-electron chi connectivity index (χ3n) is 1.88. The molecule has 1 heterocycles. The van der Waals surface area contributed by atoms with Crippen LogP contribution in [0.5, 0.6) is 0 Å². The highest BCUT2D eigenvalue weighted by atomic mass is 35.5. The molecule has 1 N–H and O–H groups in total. The van der Waals surface area contributed by atoms with E-state index in [-0.39, 0.29) is 6.03 Å². The summed E-state index contributed by atoms with van der Waals surface area (Å²) in [5, 5.41) is 2.57. The van der Waals surface area contributed by atoms with Crippen molar-refractivity contribution in [1.29, 1.82) is 0 Å². The Bertz CT molecular complexity index is 314. The van der Waals surface area contributed by atoms with Crippen LogP contribution >= 0.6 is 22.9 Å². The minimum absolute atomic E-state index is 0.0624. The largest absolute Gasteiger partial charge is 0.341 e. The lowest BCUT2D eigenvalue weighted by Crippen LogP contribution is -2.36. The van der Waals surface area contributed by atoms with Crippen LogP contribution in [-0.4, -0.2) is 31.6 Å². The Morgan fingerprint density at radius 2 is 2.36 bits per heavy atom. The average molecular weight is 233 g/mol. The molecule has 0 saturated heterocycles. The maximum Gasteiger partial charge on any atom is 0.316 e. The molecule has 3 nitrogen and oxygen atoms in total. The summed E-state index contributed by atoms with van der Waals surface area (Å²) in [5.41, 5.74) is 0. The fraction of sp³-hybridized carbons (Fsp3) is 0.444. The molecule has 0 aliphatic rings. The Kier molecular flexibility index (Phi) is 4.22. The highest BCUT2D eigenvalue weighted by Crippen LogP contribution is 2.21. The van der Waals surface area contributed by atoms with Crippen molar-refractivity contribution in [3.05, 3.63) is 21.3 Å². The Morgan fingerprint density at radius 1 is 1.64 bits per heavy atom. The number of nitrogens with zero attached hydrogens (tertiary/aromatic N) is 1. The Labute approximate surface area is 92.7 Å². The van der Waals surface area contributed by atoms with E-state index in [1.165, 1.54) is 4.88 Å². The van der Waals surface area contributed by atoms with Crippen LogP contribution in [0, 0.1) is 0 Å². The van der Waals surface area contributed by atoms with Gasteiger partial charge in [-0.1, -0.05) is 11.6 Å². The lowest BCUT2D eigenvalue weighted by atomic mass is 10.3. The molecule has 0 saturated carbocycles. The molecule has 5 heteroatoms. The topological polar surface area (TPSA) is 32.3 Å². The number of carbonyl (C=O) groups excluding carboxylic acids is 1. The molecule has 1 aromatic rings. The first-order valence-corrected chi connectivity index (χ1v) is 5.50. The standard InChI is InChI=1S/C9H13ClN2OS/c1-11-9(13)12(2)6-5-7-3-4-8(10)14-7/h3-4H,5-6H2,1-2H3,(H,11,13). The molecular weight excluding hydrogens is 220 g/mol. The van der Waals surface area contributed by atoms with Crippen LogP contribution in [0.15, 0.2) is 12.1 Å². The van der Waals surface area contributed by atoms with E-state index in [2.05, 4.69) is 5.32 Å². The highest BCUT2D eigenvalue weighted by Gasteiger charge is 2.06. The van der Waals surface area contributed by atoms with Gasteiger partial charge in [0.1, 0.15) is 0 Å². The molecule has 0 aliphatic heterocycles. The second kappa shape index (κ2) is 5.22. The number of urea groups is 1. The van der Waals surface area contributed by atoms with Crippen LogP contribution in [0.4, 0.5) is 4.79 Å². The summed E-state index contributed by atoms with van der Waals surface area (Å²) in [6, 6.07) is 3.80. The second-order valence-corrected chi connectivity index (χ2v) is 4.73. The lowest BCUT2D eigenvalue weighted by Gasteiger charge is -2.15. The number of thiophene rings is 1. The third-order valence-corrected chi connectivity index (χ3v) is 3.17. The fourth-order valence-corrected chi connectivity index (χ4v) is 2.13. The molecule has 1 aromatic heterocycles. The van der Waals surface area contributed by atoms with E-state index >= 15 is 0 Å². The van der Waals surface area contributed by atoms with E-state index in [4.69, 9.17) is 11.6 Å². The van der Waals surface area contributed by atoms with Crippen molar-refractivity contribution in [3.63, 3.8) is 0 Å². The monoisotopic (exact) mass is 232 g/mol. The summed E-state index contributed by atoms with van der Waals surface area (Å²) >= 11 is 7.35. The van der Waals surface area contributed by atoms with Gasteiger partial charge in [-0.05, 0) is 18.6 Å². The van der Waals surface area contributed by atoms with Gasteiger partial charge in [0.15, 0.2) is 0 Å². The number of carbonyl (C=O) groups is 1. The molecule has 0 atom stereocenters. The number of nitrogens with one attached hydrogen (secondary N) is 1. The van der Waals surface area contributed by atoms with E-state index in [0.29, 0.717) is 6.54 Å². The fourth-order valence-electron chi connectivity index (χ4n) is 1.06. The second-order valence-electron chi connectivity index (χ2n) is 2.93. The number of likely N-dealkylation sites (N-methyl/N-ethyl adjacent to an activating group) is 1. The van der Waals surface area contributed by atoms with E-state index in [1.807, 2.05) is 12.1 Å². The minimum Gasteiger partial charge on any atom is -0.341 e. The van der Waals surface area contributed by atoms with Crippen LogP contribution in [0.3, 0.4) is 0 Å². The normalized spacial score (nSPS) is 9.93. The molecule has 0 radical (unpaired) electrons. The Morgan fingerprint density at radius 3 is 2.86 bits per heavy atom. The van der Waals surface area contributed by atoms with Crippen molar-refractivity contribution >= 4 is 29.0 Å². The quantitative estimate of drug-likeness (QED) is 0.852. The van der Waals surface area contributed by atoms with Gasteiger partial charge in [0.2, 0.25) is 0 Å². The molecule has 0 unspecified atom stereocenters. The van der Waals surface area contributed by atoms with Gasteiger partial charge in [0, 0.05) is 25.5 Å². The zero-order chi connectivity index (χ0) is 10.6. The van der Waals surface area contributed by atoms with Crippen molar-refractivity contribution in [3.8, 4) is 0 Å². The van der Waals surface area contributed by atoms with Crippen LogP contribution < -0.4 is 5.32 Å². The molecule has 0 aliphatic carbocycles. The summed E-state index contributed by atoms with van der Waals surface area (Å²) < 4.78 is 0.794. The molecule has 1 rings (SSSR count). The van der Waals surface area contributed by atoms with Crippen molar-refractivity contribution in [1.82, 2.24) is 10.2 Å². The van der Waals surface area contributed by atoms with Gasteiger partial charge in [0.25, 0.3) is 0 Å². The molecule has 0 bridgehead atoms. The van der Waals surface area contributed by atoms with Gasteiger partial charge in [-0.2, -0.15) is 0 Å². The van der Waals surface area contributed by atoms with Crippen molar-refractivity contribution in [2.45, 2.75) is 6.42 Å².